The van der Waals surface area contributed by atoms with E-state index in [-0.39, 0.29) is 40.9 Å². The summed E-state index contributed by atoms with van der Waals surface area (Å²) in [6, 6.07) is 2.36. The SMILES string of the molecule is CC(C)=C1C2CCC1C1C(=O)N(c3sc4c(c3C#N)CCC(C(C)(C)C)C4)C(=O)C21. The van der Waals surface area contributed by atoms with Crippen LogP contribution in [0.3, 0.4) is 0 Å². The molecule has 1 aliphatic heterocycles. The first-order chi connectivity index (χ1) is 14.1. The van der Waals surface area contributed by atoms with Crippen molar-refractivity contribution in [2.24, 2.45) is 35.0 Å². The van der Waals surface area contributed by atoms with Gasteiger partial charge in [0.2, 0.25) is 11.8 Å². The Hall–Kier alpha value is -1.93. The highest BCUT2D eigenvalue weighted by molar-refractivity contribution is 7.17. The van der Waals surface area contributed by atoms with E-state index < -0.39 is 0 Å². The van der Waals surface area contributed by atoms with E-state index in [2.05, 4.69) is 40.7 Å². The molecule has 3 fully saturated rings. The Morgan fingerprint density at radius 1 is 1.07 bits per heavy atom. The molecule has 158 valence electrons. The monoisotopic (exact) mass is 422 g/mol. The fourth-order valence-corrected chi connectivity index (χ4v) is 8.16. The quantitative estimate of drug-likeness (QED) is 0.458. The summed E-state index contributed by atoms with van der Waals surface area (Å²) in [5.74, 6) is 0.456. The average molecular weight is 423 g/mol. The second-order valence-electron chi connectivity index (χ2n) is 10.9. The van der Waals surface area contributed by atoms with Gasteiger partial charge in [-0.3, -0.25) is 9.59 Å². The van der Waals surface area contributed by atoms with Gasteiger partial charge in [0, 0.05) is 4.88 Å². The Morgan fingerprint density at radius 2 is 1.67 bits per heavy atom. The van der Waals surface area contributed by atoms with Crippen molar-refractivity contribution in [3.8, 4) is 6.07 Å². The molecule has 5 atom stereocenters. The lowest BCUT2D eigenvalue weighted by atomic mass is 9.72. The van der Waals surface area contributed by atoms with Crippen molar-refractivity contribution in [1.29, 1.82) is 5.26 Å². The molecule has 5 unspecified atom stereocenters. The van der Waals surface area contributed by atoms with Crippen molar-refractivity contribution < 1.29 is 9.59 Å². The van der Waals surface area contributed by atoms with E-state index in [9.17, 15) is 14.9 Å². The first-order valence-corrected chi connectivity index (χ1v) is 12.1. The lowest BCUT2D eigenvalue weighted by Crippen LogP contribution is -2.33. The van der Waals surface area contributed by atoms with Crippen LogP contribution in [-0.2, 0) is 22.4 Å². The van der Waals surface area contributed by atoms with Crippen LogP contribution in [0, 0.1) is 46.3 Å². The van der Waals surface area contributed by atoms with E-state index in [0.29, 0.717) is 16.5 Å². The van der Waals surface area contributed by atoms with Gasteiger partial charge in [0.05, 0.1) is 17.4 Å². The molecular formula is C25H30N2O2S. The number of amides is 2. The molecule has 0 spiro atoms. The predicted molar refractivity (Wildman–Crippen MR) is 118 cm³/mol. The van der Waals surface area contributed by atoms with Gasteiger partial charge in [-0.1, -0.05) is 31.9 Å². The fraction of sp³-hybridized carbons (Fsp3) is 0.640. The van der Waals surface area contributed by atoms with Crippen LogP contribution >= 0.6 is 11.3 Å². The number of hydrogen-bond acceptors (Lipinski definition) is 4. The maximum atomic E-state index is 13.5. The minimum Gasteiger partial charge on any atom is -0.274 e. The maximum absolute atomic E-state index is 13.5. The van der Waals surface area contributed by atoms with Gasteiger partial charge in [-0.15, -0.1) is 11.3 Å². The summed E-state index contributed by atoms with van der Waals surface area (Å²) in [6.45, 7) is 11.0. The summed E-state index contributed by atoms with van der Waals surface area (Å²) < 4.78 is 0. The van der Waals surface area contributed by atoms with Crippen LogP contribution in [0.1, 0.15) is 69.9 Å². The summed E-state index contributed by atoms with van der Waals surface area (Å²) >= 11 is 1.53. The van der Waals surface area contributed by atoms with Crippen molar-refractivity contribution in [1.82, 2.24) is 0 Å². The largest absolute Gasteiger partial charge is 0.274 e. The van der Waals surface area contributed by atoms with Crippen LogP contribution in [-0.4, -0.2) is 11.8 Å². The minimum atomic E-state index is -0.214. The lowest BCUT2D eigenvalue weighted by molar-refractivity contribution is -0.122. The van der Waals surface area contributed by atoms with Crippen LogP contribution in [0.25, 0.3) is 0 Å². The highest BCUT2D eigenvalue weighted by atomic mass is 32.1. The number of anilines is 1. The van der Waals surface area contributed by atoms with E-state index in [1.165, 1.54) is 32.3 Å². The summed E-state index contributed by atoms with van der Waals surface area (Å²) in [7, 11) is 0. The number of fused-ring (bicyclic) bond motifs is 6. The third kappa shape index (κ3) is 2.56. The molecule has 30 heavy (non-hydrogen) atoms. The predicted octanol–water partition coefficient (Wildman–Crippen LogP) is 5.25. The van der Waals surface area contributed by atoms with Crippen LogP contribution in [0.4, 0.5) is 5.00 Å². The summed E-state index contributed by atoms with van der Waals surface area (Å²) in [4.78, 5) is 29.7. The van der Waals surface area contributed by atoms with E-state index in [1.54, 1.807) is 0 Å². The van der Waals surface area contributed by atoms with Crippen molar-refractivity contribution in [2.45, 2.75) is 66.7 Å². The number of imide groups is 1. The van der Waals surface area contributed by atoms with Crippen molar-refractivity contribution >= 4 is 28.2 Å². The third-order valence-corrected chi connectivity index (χ3v) is 9.46. The summed E-state index contributed by atoms with van der Waals surface area (Å²) in [5, 5.41) is 10.6. The van der Waals surface area contributed by atoms with Gasteiger partial charge >= 0.3 is 0 Å². The molecule has 1 saturated heterocycles. The highest BCUT2D eigenvalue weighted by Gasteiger charge is 2.64. The normalized spacial score (nSPS) is 32.5. The number of rotatable bonds is 1. The molecule has 1 aromatic rings. The molecule has 4 aliphatic rings. The Balaban J connectivity index is 1.54. The molecule has 5 heteroatoms. The summed E-state index contributed by atoms with van der Waals surface area (Å²) in [5.41, 5.74) is 4.53. The molecule has 0 N–H and O–H groups in total. The van der Waals surface area contributed by atoms with Crippen molar-refractivity contribution in [3.63, 3.8) is 0 Å². The Morgan fingerprint density at radius 3 is 2.17 bits per heavy atom. The van der Waals surface area contributed by atoms with Gasteiger partial charge < -0.3 is 0 Å². The van der Waals surface area contributed by atoms with Crippen LogP contribution in [0.15, 0.2) is 11.1 Å². The van der Waals surface area contributed by atoms with Gasteiger partial charge in [0.15, 0.2) is 0 Å². The summed E-state index contributed by atoms with van der Waals surface area (Å²) in [6.07, 6.45) is 4.89. The molecule has 5 rings (SSSR count). The highest BCUT2D eigenvalue weighted by Crippen LogP contribution is 2.61. The lowest BCUT2D eigenvalue weighted by Gasteiger charge is -2.33. The molecule has 2 bridgehead atoms. The van der Waals surface area contributed by atoms with Gasteiger partial charge in [-0.25, -0.2) is 4.90 Å². The Bertz CT molecular complexity index is 999. The fourth-order valence-electron chi connectivity index (χ4n) is 6.78. The Kier molecular flexibility index (Phi) is 4.35. The number of hydrogen-bond donors (Lipinski definition) is 0. The molecule has 2 amide bonds. The van der Waals surface area contributed by atoms with Gasteiger partial charge in [0.1, 0.15) is 11.1 Å². The van der Waals surface area contributed by atoms with E-state index in [0.717, 1.165) is 37.7 Å². The zero-order chi connectivity index (χ0) is 21.5. The number of nitriles is 1. The zero-order valence-corrected chi connectivity index (χ0v) is 19.4. The van der Waals surface area contributed by atoms with Gasteiger partial charge in [0.25, 0.3) is 0 Å². The van der Waals surface area contributed by atoms with Crippen molar-refractivity contribution in [2.75, 3.05) is 4.90 Å². The molecular weight excluding hydrogens is 392 g/mol. The van der Waals surface area contributed by atoms with E-state index >= 15 is 0 Å². The topological polar surface area (TPSA) is 61.2 Å². The standard InChI is InChI=1S/C25H30N2O2S/c1-12(2)19-15-8-9-16(19)21-20(15)22(28)27(23(21)29)24-17(11-26)14-7-6-13(25(3,4)5)10-18(14)30-24/h13,15-16,20-21H,6-10H2,1-5H3. The molecule has 0 aromatic carbocycles. The Labute approximate surface area is 182 Å². The van der Waals surface area contributed by atoms with E-state index in [1.807, 2.05) is 0 Å². The second-order valence-corrected chi connectivity index (χ2v) is 12.0. The number of allylic oxidation sites excluding steroid dienone is 2. The molecule has 2 heterocycles. The molecule has 1 aromatic heterocycles. The smallest absolute Gasteiger partial charge is 0.239 e. The first kappa shape index (κ1) is 20.0. The second kappa shape index (κ2) is 6.53. The zero-order valence-electron chi connectivity index (χ0n) is 18.5. The van der Waals surface area contributed by atoms with Crippen LogP contribution < -0.4 is 4.90 Å². The third-order valence-electron chi connectivity index (χ3n) is 8.22. The van der Waals surface area contributed by atoms with E-state index in [4.69, 9.17) is 0 Å². The van der Waals surface area contributed by atoms with Gasteiger partial charge in [-0.05, 0) is 74.7 Å². The molecule has 4 nitrogen and oxygen atoms in total. The first-order valence-electron chi connectivity index (χ1n) is 11.2. The molecule has 2 saturated carbocycles. The number of nitrogens with zero attached hydrogens (tertiary/aromatic N) is 2. The molecule has 3 aliphatic carbocycles. The van der Waals surface area contributed by atoms with Gasteiger partial charge in [-0.2, -0.15) is 5.26 Å². The number of carbonyl (C=O) groups is 2. The van der Waals surface area contributed by atoms with Crippen LogP contribution in [0.5, 0.6) is 0 Å². The maximum Gasteiger partial charge on any atom is 0.239 e. The molecule has 0 radical (unpaired) electrons. The number of carbonyl (C=O) groups excluding carboxylic acids is 2. The number of thiophene rings is 1. The average Bonchev–Trinajstić information content (AvgIpc) is 3.39. The van der Waals surface area contributed by atoms with Crippen LogP contribution in [0.2, 0.25) is 0 Å². The minimum absolute atomic E-state index is 0.0570. The van der Waals surface area contributed by atoms with Crippen molar-refractivity contribution in [3.05, 3.63) is 27.2 Å².